The van der Waals surface area contributed by atoms with Gasteiger partial charge < -0.3 is 10.6 Å². The van der Waals surface area contributed by atoms with Crippen LogP contribution < -0.4 is 10.6 Å². The van der Waals surface area contributed by atoms with Gasteiger partial charge in [-0.15, -0.1) is 0 Å². The van der Waals surface area contributed by atoms with Crippen LogP contribution in [0.3, 0.4) is 0 Å². The summed E-state index contributed by atoms with van der Waals surface area (Å²) in [5.74, 6) is 1.81. The minimum atomic E-state index is -0.296. The third-order valence-corrected chi connectivity index (χ3v) is 5.31. The van der Waals surface area contributed by atoms with Crippen molar-refractivity contribution in [3.63, 3.8) is 0 Å². The number of benzene rings is 2. The summed E-state index contributed by atoms with van der Waals surface area (Å²) in [5, 5.41) is 5.45. The molecule has 2 aromatic carbocycles. The van der Waals surface area contributed by atoms with Crippen LogP contribution in [0.25, 0.3) is 6.08 Å². The second-order valence-corrected chi connectivity index (χ2v) is 7.82. The van der Waals surface area contributed by atoms with Crippen LogP contribution in [0.2, 0.25) is 0 Å². The van der Waals surface area contributed by atoms with E-state index in [2.05, 4.69) is 21.6 Å². The van der Waals surface area contributed by atoms with Crippen LogP contribution >= 0.6 is 11.8 Å². The first-order valence-corrected chi connectivity index (χ1v) is 10.5. The van der Waals surface area contributed by atoms with Crippen LogP contribution in [0, 0.1) is 0 Å². The number of nitrogens with one attached hydrogen (secondary N) is 2. The average Bonchev–Trinajstić information content (AvgIpc) is 2.72. The third-order valence-electron chi connectivity index (χ3n) is 4.37. The highest BCUT2D eigenvalue weighted by atomic mass is 32.2. The molecule has 0 aromatic heterocycles. The van der Waals surface area contributed by atoms with E-state index in [1.165, 1.54) is 23.1 Å². The van der Waals surface area contributed by atoms with Crippen molar-refractivity contribution in [1.29, 1.82) is 0 Å². The maximum atomic E-state index is 12.1. The van der Waals surface area contributed by atoms with Gasteiger partial charge in [0.2, 0.25) is 11.8 Å². The van der Waals surface area contributed by atoms with Crippen molar-refractivity contribution in [1.82, 2.24) is 10.2 Å². The van der Waals surface area contributed by atoms with E-state index in [9.17, 15) is 9.59 Å². The fraction of sp³-hybridized carbons (Fsp3) is 0.273. The number of nitrogens with zero attached hydrogens (tertiary/aromatic N) is 1. The van der Waals surface area contributed by atoms with Crippen molar-refractivity contribution in [2.45, 2.75) is 6.54 Å². The maximum absolute atomic E-state index is 12.1. The number of hydrogen-bond donors (Lipinski definition) is 2. The predicted molar refractivity (Wildman–Crippen MR) is 116 cm³/mol. The first kappa shape index (κ1) is 20.2. The molecule has 1 aliphatic heterocycles. The molecule has 146 valence electrons. The molecule has 1 aliphatic rings. The molecule has 2 N–H and O–H groups in total. The van der Waals surface area contributed by atoms with Crippen LogP contribution in [0.4, 0.5) is 5.69 Å². The van der Waals surface area contributed by atoms with Gasteiger partial charge >= 0.3 is 0 Å². The molecule has 1 fully saturated rings. The Balaban J connectivity index is 1.44. The second-order valence-electron chi connectivity index (χ2n) is 6.60. The zero-order chi connectivity index (χ0) is 19.6. The summed E-state index contributed by atoms with van der Waals surface area (Å²) in [6, 6.07) is 17.4. The van der Waals surface area contributed by atoms with E-state index in [1.807, 2.05) is 60.3 Å². The van der Waals surface area contributed by atoms with Gasteiger partial charge in [-0.05, 0) is 29.3 Å². The van der Waals surface area contributed by atoms with Crippen LogP contribution in [-0.2, 0) is 16.1 Å². The molecule has 1 saturated heterocycles. The number of hydrogen-bond acceptors (Lipinski definition) is 4. The van der Waals surface area contributed by atoms with Gasteiger partial charge in [-0.1, -0.05) is 42.5 Å². The van der Waals surface area contributed by atoms with Crippen LogP contribution in [-0.4, -0.2) is 47.9 Å². The van der Waals surface area contributed by atoms with Gasteiger partial charge in [-0.2, -0.15) is 11.8 Å². The van der Waals surface area contributed by atoms with E-state index in [0.29, 0.717) is 0 Å². The predicted octanol–water partition coefficient (Wildman–Crippen LogP) is 3.00. The highest BCUT2D eigenvalue weighted by molar-refractivity contribution is 7.99. The number of thioether (sulfide) groups is 1. The summed E-state index contributed by atoms with van der Waals surface area (Å²) in [5.41, 5.74) is 2.87. The number of anilines is 1. The quantitative estimate of drug-likeness (QED) is 0.708. The molecule has 6 heteroatoms. The van der Waals surface area contributed by atoms with Crippen LogP contribution in [0.1, 0.15) is 11.1 Å². The molecule has 3 rings (SSSR count). The zero-order valence-corrected chi connectivity index (χ0v) is 16.6. The minimum absolute atomic E-state index is 0.0639. The van der Waals surface area contributed by atoms with Gasteiger partial charge in [-0.25, -0.2) is 0 Å². The van der Waals surface area contributed by atoms with Crippen LogP contribution in [0.15, 0.2) is 60.7 Å². The summed E-state index contributed by atoms with van der Waals surface area (Å²) >= 11 is 1.99. The summed E-state index contributed by atoms with van der Waals surface area (Å²) in [6.07, 6.45) is 3.15. The highest BCUT2D eigenvalue weighted by Crippen LogP contribution is 2.16. The van der Waals surface area contributed by atoms with Crippen molar-refractivity contribution >= 4 is 35.3 Å². The molecule has 5 nitrogen and oxygen atoms in total. The normalized spacial score (nSPS) is 14.7. The van der Waals surface area contributed by atoms with Gasteiger partial charge in [-0.3, -0.25) is 14.5 Å². The number of amides is 2. The van der Waals surface area contributed by atoms with Crippen molar-refractivity contribution in [3.05, 3.63) is 71.8 Å². The number of rotatable bonds is 7. The summed E-state index contributed by atoms with van der Waals surface area (Å²) in [6.45, 7) is 3.03. The summed E-state index contributed by atoms with van der Waals surface area (Å²) < 4.78 is 0. The maximum Gasteiger partial charge on any atom is 0.244 e. The van der Waals surface area contributed by atoms with E-state index in [-0.39, 0.29) is 18.4 Å². The lowest BCUT2D eigenvalue weighted by atomic mass is 10.2. The topological polar surface area (TPSA) is 61.4 Å². The lowest BCUT2D eigenvalue weighted by molar-refractivity contribution is -0.121. The summed E-state index contributed by atoms with van der Waals surface area (Å²) in [4.78, 5) is 26.4. The van der Waals surface area contributed by atoms with Gasteiger partial charge in [0, 0.05) is 42.9 Å². The lowest BCUT2D eigenvalue weighted by Gasteiger charge is -2.26. The molecular formula is C22H25N3O2S. The van der Waals surface area contributed by atoms with E-state index in [1.54, 1.807) is 6.08 Å². The van der Waals surface area contributed by atoms with E-state index < -0.39 is 0 Å². The Labute approximate surface area is 170 Å². The second kappa shape index (κ2) is 10.7. The molecule has 1 heterocycles. The van der Waals surface area contributed by atoms with Crippen molar-refractivity contribution < 1.29 is 9.59 Å². The molecule has 0 bridgehead atoms. The molecule has 28 heavy (non-hydrogen) atoms. The van der Waals surface area contributed by atoms with E-state index in [0.717, 1.165) is 30.9 Å². The molecule has 0 aliphatic carbocycles. The first-order valence-electron chi connectivity index (χ1n) is 9.39. The fourth-order valence-corrected chi connectivity index (χ4v) is 3.91. The molecule has 0 atom stereocenters. The number of carbonyl (C=O) groups is 2. The summed E-state index contributed by atoms with van der Waals surface area (Å²) in [7, 11) is 0. The smallest absolute Gasteiger partial charge is 0.244 e. The third kappa shape index (κ3) is 6.87. The Kier molecular flexibility index (Phi) is 7.70. The van der Waals surface area contributed by atoms with Crippen molar-refractivity contribution in [2.75, 3.05) is 36.5 Å². The SMILES string of the molecule is O=C(/C=C/c1ccccc1)NCC(=O)Nc1cccc(CN2CCSCC2)c1. The first-order chi connectivity index (χ1) is 13.7. The highest BCUT2D eigenvalue weighted by Gasteiger charge is 2.11. The van der Waals surface area contributed by atoms with Gasteiger partial charge in [0.25, 0.3) is 0 Å². The Morgan fingerprint density at radius 3 is 2.61 bits per heavy atom. The van der Waals surface area contributed by atoms with E-state index >= 15 is 0 Å². The fourth-order valence-electron chi connectivity index (χ4n) is 2.93. The minimum Gasteiger partial charge on any atom is -0.343 e. The lowest BCUT2D eigenvalue weighted by Crippen LogP contribution is -2.32. The molecule has 0 saturated carbocycles. The Morgan fingerprint density at radius 2 is 1.82 bits per heavy atom. The standard InChI is InChI=1S/C22H25N3O2S/c26-21(10-9-18-5-2-1-3-6-18)23-16-22(27)24-20-8-4-7-19(15-20)17-25-11-13-28-14-12-25/h1-10,15H,11-14,16-17H2,(H,23,26)(H,24,27)/b10-9+. The average molecular weight is 396 g/mol. The number of carbonyl (C=O) groups excluding carboxylic acids is 2. The molecule has 0 unspecified atom stereocenters. The molecular weight excluding hydrogens is 370 g/mol. The van der Waals surface area contributed by atoms with Gasteiger partial charge in [0.05, 0.1) is 6.54 Å². The Hall–Kier alpha value is -2.57. The molecule has 2 amide bonds. The Morgan fingerprint density at radius 1 is 1.04 bits per heavy atom. The van der Waals surface area contributed by atoms with Crippen molar-refractivity contribution in [2.24, 2.45) is 0 Å². The zero-order valence-electron chi connectivity index (χ0n) is 15.8. The largest absolute Gasteiger partial charge is 0.343 e. The van der Waals surface area contributed by atoms with Crippen LogP contribution in [0.5, 0.6) is 0 Å². The van der Waals surface area contributed by atoms with Crippen molar-refractivity contribution in [3.8, 4) is 0 Å². The van der Waals surface area contributed by atoms with E-state index in [4.69, 9.17) is 0 Å². The van der Waals surface area contributed by atoms with Gasteiger partial charge in [0.15, 0.2) is 0 Å². The molecule has 0 spiro atoms. The Bertz CT molecular complexity index is 818. The monoisotopic (exact) mass is 395 g/mol. The molecule has 2 aromatic rings. The van der Waals surface area contributed by atoms with Gasteiger partial charge in [0.1, 0.15) is 0 Å². The molecule has 0 radical (unpaired) electrons.